The van der Waals surface area contributed by atoms with Crippen LogP contribution in [0.1, 0.15) is 51.4 Å². The van der Waals surface area contributed by atoms with Crippen LogP contribution in [-0.4, -0.2) is 30.9 Å². The molecule has 3 nitrogen and oxygen atoms in total. The molecule has 2 N–H and O–H groups in total. The topological polar surface area (TPSA) is 46.3 Å². The van der Waals surface area contributed by atoms with Crippen molar-refractivity contribution >= 4 is 5.91 Å². The fourth-order valence-electron chi connectivity index (χ4n) is 2.44. The monoisotopic (exact) mass is 226 g/mol. The third-order valence-electron chi connectivity index (χ3n) is 3.53. The molecule has 94 valence electrons. The van der Waals surface area contributed by atoms with Gasteiger partial charge in [-0.15, -0.1) is 0 Å². The number of carbonyl (C=O) groups is 1. The average Bonchev–Trinajstić information content (AvgIpc) is 2.34. The van der Waals surface area contributed by atoms with Crippen molar-refractivity contribution in [1.29, 1.82) is 0 Å². The summed E-state index contributed by atoms with van der Waals surface area (Å²) in [5.41, 5.74) is 5.44. The van der Waals surface area contributed by atoms with E-state index < -0.39 is 0 Å². The first-order valence-corrected chi connectivity index (χ1v) is 6.70. The number of rotatable bonds is 6. The summed E-state index contributed by atoms with van der Waals surface area (Å²) < 4.78 is 0. The molecule has 0 saturated heterocycles. The van der Waals surface area contributed by atoms with Crippen molar-refractivity contribution < 1.29 is 4.79 Å². The van der Waals surface area contributed by atoms with E-state index in [-0.39, 0.29) is 0 Å². The molecule has 0 aromatic carbocycles. The van der Waals surface area contributed by atoms with Crippen LogP contribution in [0.25, 0.3) is 0 Å². The molecule has 0 atom stereocenters. The zero-order valence-electron chi connectivity index (χ0n) is 10.6. The van der Waals surface area contributed by atoms with Gasteiger partial charge in [0.1, 0.15) is 0 Å². The molecule has 1 amide bonds. The van der Waals surface area contributed by atoms with Gasteiger partial charge < -0.3 is 10.6 Å². The number of amides is 1. The van der Waals surface area contributed by atoms with Crippen LogP contribution >= 0.6 is 0 Å². The third-order valence-corrected chi connectivity index (χ3v) is 3.53. The van der Waals surface area contributed by atoms with Crippen molar-refractivity contribution in [3.05, 3.63) is 0 Å². The van der Waals surface area contributed by atoms with Crippen molar-refractivity contribution in [3.63, 3.8) is 0 Å². The van der Waals surface area contributed by atoms with Crippen LogP contribution in [0, 0.1) is 5.92 Å². The van der Waals surface area contributed by atoms with Crippen molar-refractivity contribution in [3.8, 4) is 0 Å². The lowest BCUT2D eigenvalue weighted by Gasteiger charge is -2.26. The number of hydrogen-bond donors (Lipinski definition) is 1. The van der Waals surface area contributed by atoms with Crippen molar-refractivity contribution in [2.24, 2.45) is 11.7 Å². The molecule has 0 bridgehead atoms. The van der Waals surface area contributed by atoms with Crippen LogP contribution in [0.2, 0.25) is 0 Å². The second-order valence-electron chi connectivity index (χ2n) is 4.94. The maximum atomic E-state index is 12.1. The third kappa shape index (κ3) is 4.52. The molecular formula is C13H26N2O. The molecule has 1 aliphatic carbocycles. The highest BCUT2D eigenvalue weighted by Crippen LogP contribution is 2.25. The predicted molar refractivity (Wildman–Crippen MR) is 67.1 cm³/mol. The van der Waals surface area contributed by atoms with E-state index in [1.807, 2.05) is 11.9 Å². The van der Waals surface area contributed by atoms with E-state index >= 15 is 0 Å². The summed E-state index contributed by atoms with van der Waals surface area (Å²) in [6.45, 7) is 1.66. The van der Waals surface area contributed by atoms with E-state index in [0.717, 1.165) is 45.2 Å². The van der Waals surface area contributed by atoms with Gasteiger partial charge in [0, 0.05) is 19.5 Å². The normalized spacial score (nSPS) is 17.4. The summed E-state index contributed by atoms with van der Waals surface area (Å²) in [5, 5.41) is 0. The number of hydrogen-bond acceptors (Lipinski definition) is 2. The Balaban J connectivity index is 2.18. The van der Waals surface area contributed by atoms with Gasteiger partial charge in [-0.1, -0.05) is 25.7 Å². The van der Waals surface area contributed by atoms with Gasteiger partial charge in [0.25, 0.3) is 0 Å². The first kappa shape index (κ1) is 13.5. The van der Waals surface area contributed by atoms with E-state index in [9.17, 15) is 4.79 Å². The van der Waals surface area contributed by atoms with Gasteiger partial charge in [0.2, 0.25) is 5.91 Å². The molecule has 0 aromatic heterocycles. The number of nitrogens with zero attached hydrogens (tertiary/aromatic N) is 1. The minimum atomic E-state index is 0.313. The van der Waals surface area contributed by atoms with Crippen molar-refractivity contribution in [2.75, 3.05) is 20.1 Å². The molecule has 3 heteroatoms. The molecule has 0 aliphatic heterocycles. The maximum absolute atomic E-state index is 12.1. The quantitative estimate of drug-likeness (QED) is 0.705. The van der Waals surface area contributed by atoms with Gasteiger partial charge >= 0.3 is 0 Å². The Morgan fingerprint density at radius 2 is 1.88 bits per heavy atom. The molecule has 0 unspecified atom stereocenters. The number of unbranched alkanes of at least 4 members (excludes halogenated alkanes) is 2. The van der Waals surface area contributed by atoms with E-state index in [4.69, 9.17) is 5.73 Å². The molecular weight excluding hydrogens is 200 g/mol. The Labute approximate surface area is 99.4 Å². The summed E-state index contributed by atoms with van der Waals surface area (Å²) in [4.78, 5) is 14.0. The van der Waals surface area contributed by atoms with Crippen LogP contribution < -0.4 is 5.73 Å². The van der Waals surface area contributed by atoms with Crippen LogP contribution in [0.15, 0.2) is 0 Å². The molecule has 16 heavy (non-hydrogen) atoms. The standard InChI is InChI=1S/C13H26N2O/c1-15(11-7-3-6-10-14)13(16)12-8-4-2-5-9-12/h12H,2-11,14H2,1H3. The summed E-state index contributed by atoms with van der Waals surface area (Å²) in [6, 6.07) is 0. The lowest BCUT2D eigenvalue weighted by molar-refractivity contribution is -0.135. The lowest BCUT2D eigenvalue weighted by atomic mass is 9.88. The second kappa shape index (κ2) is 7.66. The van der Waals surface area contributed by atoms with Gasteiger partial charge in [0.05, 0.1) is 0 Å². The van der Waals surface area contributed by atoms with Crippen LogP contribution in [0.4, 0.5) is 0 Å². The minimum Gasteiger partial charge on any atom is -0.346 e. The number of nitrogens with two attached hydrogens (primary N) is 1. The highest BCUT2D eigenvalue weighted by molar-refractivity contribution is 5.78. The smallest absolute Gasteiger partial charge is 0.225 e. The molecule has 0 radical (unpaired) electrons. The fraction of sp³-hybridized carbons (Fsp3) is 0.923. The maximum Gasteiger partial charge on any atom is 0.225 e. The molecule has 1 saturated carbocycles. The Hall–Kier alpha value is -0.570. The Morgan fingerprint density at radius 3 is 2.50 bits per heavy atom. The molecule has 0 aromatic rings. The first-order chi connectivity index (χ1) is 7.75. The zero-order valence-corrected chi connectivity index (χ0v) is 10.6. The van der Waals surface area contributed by atoms with E-state index in [1.54, 1.807) is 0 Å². The van der Waals surface area contributed by atoms with Gasteiger partial charge in [0.15, 0.2) is 0 Å². The molecule has 1 rings (SSSR count). The van der Waals surface area contributed by atoms with E-state index in [0.29, 0.717) is 11.8 Å². The van der Waals surface area contributed by atoms with Crippen molar-refractivity contribution in [1.82, 2.24) is 4.90 Å². The first-order valence-electron chi connectivity index (χ1n) is 6.70. The SMILES string of the molecule is CN(CCCCCN)C(=O)C1CCCCC1. The Kier molecular flexibility index (Phi) is 6.46. The van der Waals surface area contributed by atoms with Crippen molar-refractivity contribution in [2.45, 2.75) is 51.4 Å². The highest BCUT2D eigenvalue weighted by atomic mass is 16.2. The fourth-order valence-corrected chi connectivity index (χ4v) is 2.44. The van der Waals surface area contributed by atoms with E-state index in [2.05, 4.69) is 0 Å². The van der Waals surface area contributed by atoms with Crippen LogP contribution in [0.3, 0.4) is 0 Å². The lowest BCUT2D eigenvalue weighted by Crippen LogP contribution is -2.34. The minimum absolute atomic E-state index is 0.313. The summed E-state index contributed by atoms with van der Waals surface area (Å²) >= 11 is 0. The van der Waals surface area contributed by atoms with Gasteiger partial charge in [-0.05, 0) is 32.2 Å². The van der Waals surface area contributed by atoms with Crippen LogP contribution in [-0.2, 0) is 4.79 Å². The summed E-state index contributed by atoms with van der Waals surface area (Å²) in [5.74, 6) is 0.681. The van der Waals surface area contributed by atoms with E-state index in [1.165, 1.54) is 19.3 Å². The summed E-state index contributed by atoms with van der Waals surface area (Å²) in [7, 11) is 1.94. The van der Waals surface area contributed by atoms with Crippen LogP contribution in [0.5, 0.6) is 0 Å². The largest absolute Gasteiger partial charge is 0.346 e. The summed E-state index contributed by atoms with van der Waals surface area (Å²) in [6.07, 6.45) is 9.28. The molecule has 0 spiro atoms. The molecule has 0 heterocycles. The predicted octanol–water partition coefficient (Wildman–Crippen LogP) is 2.15. The average molecular weight is 226 g/mol. The second-order valence-corrected chi connectivity index (χ2v) is 4.94. The Morgan fingerprint density at radius 1 is 1.19 bits per heavy atom. The Bertz CT molecular complexity index is 200. The molecule has 1 fully saturated rings. The highest BCUT2D eigenvalue weighted by Gasteiger charge is 2.23. The van der Waals surface area contributed by atoms with Gasteiger partial charge in [-0.25, -0.2) is 0 Å². The molecule has 1 aliphatic rings. The zero-order chi connectivity index (χ0) is 11.8. The number of carbonyl (C=O) groups excluding carboxylic acids is 1. The van der Waals surface area contributed by atoms with Gasteiger partial charge in [-0.3, -0.25) is 4.79 Å². The van der Waals surface area contributed by atoms with Gasteiger partial charge in [-0.2, -0.15) is 0 Å².